The number of hydrogen-bond acceptors (Lipinski definition) is 3. The number of halogens is 2. The molecule has 2 amide bonds. The van der Waals surface area contributed by atoms with Gasteiger partial charge in [-0.15, -0.1) is 11.3 Å². The Bertz CT molecular complexity index is 874. The molecular formula is C14H9BrFN3O2S. The van der Waals surface area contributed by atoms with Gasteiger partial charge in [-0.2, -0.15) is 0 Å². The fourth-order valence-electron chi connectivity index (χ4n) is 1.92. The molecule has 0 unspecified atom stereocenters. The summed E-state index contributed by atoms with van der Waals surface area (Å²) in [5.74, 6) is -1.40. The molecule has 22 heavy (non-hydrogen) atoms. The molecule has 0 saturated carbocycles. The summed E-state index contributed by atoms with van der Waals surface area (Å²) >= 11 is 4.50. The zero-order valence-corrected chi connectivity index (χ0v) is 13.3. The van der Waals surface area contributed by atoms with E-state index in [0.717, 1.165) is 3.79 Å². The van der Waals surface area contributed by atoms with Gasteiger partial charge >= 0.3 is 0 Å². The van der Waals surface area contributed by atoms with E-state index in [1.807, 2.05) is 0 Å². The quantitative estimate of drug-likeness (QED) is 0.596. The van der Waals surface area contributed by atoms with Gasteiger partial charge in [0.05, 0.1) is 8.66 Å². The Morgan fingerprint density at radius 1 is 1.14 bits per heavy atom. The van der Waals surface area contributed by atoms with Gasteiger partial charge in [0, 0.05) is 10.9 Å². The topological polar surface area (TPSA) is 74.0 Å². The summed E-state index contributed by atoms with van der Waals surface area (Å²) < 4.78 is 14.4. The zero-order chi connectivity index (χ0) is 15.7. The van der Waals surface area contributed by atoms with Gasteiger partial charge in [-0.1, -0.05) is 6.07 Å². The molecule has 0 aliphatic rings. The third kappa shape index (κ3) is 2.88. The summed E-state index contributed by atoms with van der Waals surface area (Å²) in [6.07, 6.45) is 0. The van der Waals surface area contributed by atoms with Crippen molar-refractivity contribution in [3.63, 3.8) is 0 Å². The average Bonchev–Trinajstić information content (AvgIpc) is 3.11. The Hall–Kier alpha value is -2.19. The smallest absolute Gasteiger partial charge is 0.286 e. The minimum atomic E-state index is -0.556. The van der Waals surface area contributed by atoms with E-state index in [2.05, 4.69) is 31.8 Å². The molecule has 3 aromatic rings. The first-order valence-corrected chi connectivity index (χ1v) is 7.79. The van der Waals surface area contributed by atoms with E-state index in [1.54, 1.807) is 24.3 Å². The Balaban J connectivity index is 1.71. The van der Waals surface area contributed by atoms with Crippen LogP contribution in [-0.4, -0.2) is 16.8 Å². The predicted molar refractivity (Wildman–Crippen MR) is 85.2 cm³/mol. The van der Waals surface area contributed by atoms with Crippen molar-refractivity contribution < 1.29 is 14.0 Å². The second-order valence-electron chi connectivity index (χ2n) is 4.40. The van der Waals surface area contributed by atoms with Crippen LogP contribution in [-0.2, 0) is 0 Å². The van der Waals surface area contributed by atoms with Crippen LogP contribution >= 0.6 is 27.3 Å². The van der Waals surface area contributed by atoms with E-state index in [-0.39, 0.29) is 5.69 Å². The van der Waals surface area contributed by atoms with Gasteiger partial charge in [0.2, 0.25) is 0 Å². The number of rotatable bonds is 2. The number of benzene rings is 1. The van der Waals surface area contributed by atoms with E-state index in [4.69, 9.17) is 0 Å². The molecule has 1 aromatic carbocycles. The first-order valence-electron chi connectivity index (χ1n) is 6.18. The number of nitrogens with one attached hydrogen (secondary N) is 3. The van der Waals surface area contributed by atoms with Crippen LogP contribution in [0.5, 0.6) is 0 Å². The molecule has 3 rings (SSSR count). The molecule has 2 heterocycles. The van der Waals surface area contributed by atoms with Crippen LogP contribution < -0.4 is 10.9 Å². The maximum absolute atomic E-state index is 13.6. The molecule has 0 aliphatic carbocycles. The Morgan fingerprint density at radius 2 is 1.91 bits per heavy atom. The largest absolute Gasteiger partial charge is 0.350 e. The number of fused-ring (bicyclic) bond motifs is 1. The number of hydrogen-bond donors (Lipinski definition) is 3. The van der Waals surface area contributed by atoms with Gasteiger partial charge in [0.25, 0.3) is 11.8 Å². The van der Waals surface area contributed by atoms with Crippen LogP contribution in [0.2, 0.25) is 0 Å². The van der Waals surface area contributed by atoms with E-state index in [9.17, 15) is 14.0 Å². The molecule has 0 saturated heterocycles. The molecule has 2 aromatic heterocycles. The highest BCUT2D eigenvalue weighted by atomic mass is 79.9. The normalized spacial score (nSPS) is 10.6. The number of carbonyl (C=O) groups excluding carboxylic acids is 2. The summed E-state index contributed by atoms with van der Waals surface area (Å²) in [5, 5.41) is 0.321. The molecule has 0 bridgehead atoms. The molecule has 3 N–H and O–H groups in total. The lowest BCUT2D eigenvalue weighted by Crippen LogP contribution is -2.41. The summed E-state index contributed by atoms with van der Waals surface area (Å²) in [6.45, 7) is 0. The monoisotopic (exact) mass is 381 g/mol. The highest BCUT2D eigenvalue weighted by Crippen LogP contribution is 2.21. The summed E-state index contributed by atoms with van der Waals surface area (Å²) in [4.78, 5) is 27.0. The molecule has 0 atom stereocenters. The standard InChI is InChI=1S/C14H9BrFN3O2S/c15-12-5-4-11(22-12)14(21)19-18-13(20)10-6-7-8(16)2-1-3-9(7)17-10/h1-6,17H,(H,18,20)(H,19,21). The van der Waals surface area contributed by atoms with Crippen LogP contribution in [0, 0.1) is 5.82 Å². The molecule has 0 radical (unpaired) electrons. The molecule has 8 heteroatoms. The number of H-pyrrole nitrogens is 1. The number of thiophene rings is 1. The van der Waals surface area contributed by atoms with Crippen molar-refractivity contribution in [2.45, 2.75) is 0 Å². The number of amides is 2. The lowest BCUT2D eigenvalue weighted by Gasteiger charge is -2.04. The first kappa shape index (κ1) is 14.7. The molecular weight excluding hydrogens is 373 g/mol. The lowest BCUT2D eigenvalue weighted by molar-refractivity contribution is 0.0846. The van der Waals surface area contributed by atoms with E-state index >= 15 is 0 Å². The van der Waals surface area contributed by atoms with Crippen molar-refractivity contribution >= 4 is 50.0 Å². The first-order chi connectivity index (χ1) is 10.5. The summed E-state index contributed by atoms with van der Waals surface area (Å²) in [7, 11) is 0. The van der Waals surface area contributed by atoms with E-state index in [0.29, 0.717) is 15.8 Å². The van der Waals surface area contributed by atoms with Crippen LogP contribution in [0.25, 0.3) is 10.9 Å². The molecule has 0 fully saturated rings. The number of carbonyl (C=O) groups is 2. The van der Waals surface area contributed by atoms with Crippen molar-refractivity contribution in [1.82, 2.24) is 15.8 Å². The Kier molecular flexibility index (Phi) is 3.95. The summed E-state index contributed by atoms with van der Waals surface area (Å²) in [5.41, 5.74) is 5.27. The third-order valence-electron chi connectivity index (χ3n) is 2.94. The van der Waals surface area contributed by atoms with Gasteiger partial charge in [-0.3, -0.25) is 20.4 Å². The van der Waals surface area contributed by atoms with Gasteiger partial charge < -0.3 is 4.98 Å². The maximum Gasteiger partial charge on any atom is 0.286 e. The van der Waals surface area contributed by atoms with Crippen molar-refractivity contribution in [2.24, 2.45) is 0 Å². The second-order valence-corrected chi connectivity index (χ2v) is 6.86. The van der Waals surface area contributed by atoms with Crippen LogP contribution in [0.1, 0.15) is 20.2 Å². The highest BCUT2D eigenvalue weighted by Gasteiger charge is 2.14. The highest BCUT2D eigenvalue weighted by molar-refractivity contribution is 9.11. The van der Waals surface area contributed by atoms with Crippen molar-refractivity contribution in [3.05, 3.63) is 56.6 Å². The number of aromatic nitrogens is 1. The summed E-state index contributed by atoms with van der Waals surface area (Å²) in [6, 6.07) is 9.29. The fraction of sp³-hybridized carbons (Fsp3) is 0. The minimum Gasteiger partial charge on any atom is -0.350 e. The Labute approximate surface area is 136 Å². The van der Waals surface area contributed by atoms with Crippen LogP contribution in [0.3, 0.4) is 0 Å². The lowest BCUT2D eigenvalue weighted by atomic mass is 10.2. The average molecular weight is 382 g/mol. The minimum absolute atomic E-state index is 0.160. The van der Waals surface area contributed by atoms with Crippen molar-refractivity contribution in [1.29, 1.82) is 0 Å². The zero-order valence-electron chi connectivity index (χ0n) is 10.9. The number of hydrazine groups is 1. The van der Waals surface area contributed by atoms with E-state index < -0.39 is 17.6 Å². The van der Waals surface area contributed by atoms with Gasteiger partial charge in [-0.25, -0.2) is 4.39 Å². The SMILES string of the molecule is O=C(NNC(=O)c1ccc(Br)s1)c1cc2c(F)cccc2[nH]1. The van der Waals surface area contributed by atoms with Crippen LogP contribution in [0.15, 0.2) is 40.2 Å². The van der Waals surface area contributed by atoms with Crippen molar-refractivity contribution in [3.8, 4) is 0 Å². The van der Waals surface area contributed by atoms with Gasteiger partial charge in [0.15, 0.2) is 0 Å². The second kappa shape index (κ2) is 5.90. The fourth-order valence-corrected chi connectivity index (χ4v) is 3.20. The van der Waals surface area contributed by atoms with Gasteiger partial charge in [-0.05, 0) is 46.3 Å². The molecule has 5 nitrogen and oxygen atoms in total. The van der Waals surface area contributed by atoms with Crippen molar-refractivity contribution in [2.75, 3.05) is 0 Å². The Morgan fingerprint density at radius 3 is 2.59 bits per heavy atom. The third-order valence-corrected chi connectivity index (χ3v) is 4.56. The molecule has 0 aliphatic heterocycles. The van der Waals surface area contributed by atoms with E-state index in [1.165, 1.54) is 23.5 Å². The predicted octanol–water partition coefficient (Wildman–Crippen LogP) is 3.21. The maximum atomic E-state index is 13.6. The molecule has 0 spiro atoms. The number of aromatic amines is 1. The van der Waals surface area contributed by atoms with Gasteiger partial charge in [0.1, 0.15) is 11.5 Å². The molecule has 112 valence electrons. The van der Waals surface area contributed by atoms with Crippen LogP contribution in [0.4, 0.5) is 4.39 Å².